The van der Waals surface area contributed by atoms with Gasteiger partial charge in [-0.3, -0.25) is 14.4 Å². The molecule has 1 atom stereocenters. The van der Waals surface area contributed by atoms with Crippen LogP contribution in [0.1, 0.15) is 162 Å². The van der Waals surface area contributed by atoms with Crippen molar-refractivity contribution < 1.29 is 24.2 Å². The molecule has 0 heterocycles. The Bertz CT molecular complexity index is 743. The maximum Gasteiger partial charge on any atom is 0.322 e. The number of carbonyl (C=O) groups is 3. The van der Waals surface area contributed by atoms with Crippen LogP contribution in [0.25, 0.3) is 0 Å². The number of carboxylic acids is 1. The van der Waals surface area contributed by atoms with Crippen molar-refractivity contribution in [3.63, 3.8) is 0 Å². The summed E-state index contributed by atoms with van der Waals surface area (Å²) < 4.78 is 5.77. The van der Waals surface area contributed by atoms with Crippen LogP contribution >= 0.6 is 0 Å². The number of amides is 1. The second-order valence-corrected chi connectivity index (χ2v) is 11.4. The molecule has 0 rings (SSSR count). The van der Waals surface area contributed by atoms with Gasteiger partial charge in [0, 0.05) is 12.8 Å². The van der Waals surface area contributed by atoms with Crippen LogP contribution in [-0.4, -0.2) is 35.6 Å². The summed E-state index contributed by atoms with van der Waals surface area (Å²) in [4.78, 5) is 34.5. The molecule has 6 nitrogen and oxygen atoms in total. The lowest BCUT2D eigenvalue weighted by Crippen LogP contribution is -2.28. The third kappa shape index (κ3) is 30.6. The van der Waals surface area contributed by atoms with E-state index in [0.717, 1.165) is 64.2 Å². The molecule has 0 aromatic carbocycles. The molecule has 0 bridgehead atoms. The number of hydrogen-bond donors (Lipinski definition) is 2. The van der Waals surface area contributed by atoms with Crippen molar-refractivity contribution in [1.29, 1.82) is 0 Å². The van der Waals surface area contributed by atoms with Gasteiger partial charge >= 0.3 is 11.9 Å². The minimum Gasteiger partial charge on any atom is -0.480 e. The lowest BCUT2D eigenvalue weighted by molar-refractivity contribution is -0.147. The molecule has 0 saturated heterocycles. The number of esters is 1. The maximum atomic E-state index is 12.4. The fourth-order valence-electron chi connectivity index (χ4n) is 4.70. The number of rotatable bonds is 30. The second-order valence-electron chi connectivity index (χ2n) is 11.4. The normalized spacial score (nSPS) is 12.4. The van der Waals surface area contributed by atoms with Crippen LogP contribution in [0.15, 0.2) is 36.5 Å². The highest BCUT2D eigenvalue weighted by Gasteiger charge is 2.11. The van der Waals surface area contributed by atoms with Gasteiger partial charge < -0.3 is 15.2 Å². The number of aliphatic carboxylic acids is 1. The molecule has 242 valence electrons. The lowest BCUT2D eigenvalue weighted by Gasteiger charge is -2.15. The molecule has 2 N–H and O–H groups in total. The zero-order chi connectivity index (χ0) is 30.9. The number of allylic oxidation sites excluding steroid dienone is 5. The first kappa shape index (κ1) is 39.6. The monoisotopic (exact) mass is 589 g/mol. The van der Waals surface area contributed by atoms with Crippen LogP contribution in [0.3, 0.4) is 0 Å². The van der Waals surface area contributed by atoms with E-state index in [1.807, 2.05) is 6.08 Å². The Morgan fingerprint density at radius 2 is 1.21 bits per heavy atom. The summed E-state index contributed by atoms with van der Waals surface area (Å²) >= 11 is 0. The zero-order valence-corrected chi connectivity index (χ0v) is 27.1. The Hall–Kier alpha value is -2.37. The maximum absolute atomic E-state index is 12.4. The molecule has 0 aromatic rings. The third-order valence-electron chi connectivity index (χ3n) is 7.25. The minimum atomic E-state index is -1.03. The average Bonchev–Trinajstić information content (AvgIpc) is 2.97. The number of carbonyl (C=O) groups excluding carboxylic acids is 2. The Kier molecular flexibility index (Phi) is 29.8. The average molecular weight is 590 g/mol. The molecule has 1 unspecified atom stereocenters. The number of nitrogens with one attached hydrogen (secondary N) is 1. The van der Waals surface area contributed by atoms with E-state index < -0.39 is 5.97 Å². The number of carboxylic acid groups (broad SMARTS) is 1. The molecule has 0 aliphatic carbocycles. The van der Waals surface area contributed by atoms with E-state index in [9.17, 15) is 14.4 Å². The van der Waals surface area contributed by atoms with Gasteiger partial charge in [0.15, 0.2) is 0 Å². The summed E-state index contributed by atoms with van der Waals surface area (Å²) in [5.74, 6) is -1.35. The topological polar surface area (TPSA) is 92.7 Å². The summed E-state index contributed by atoms with van der Waals surface area (Å²) in [7, 11) is 0. The quantitative estimate of drug-likeness (QED) is 0.0494. The van der Waals surface area contributed by atoms with Gasteiger partial charge in [-0.2, -0.15) is 0 Å². The summed E-state index contributed by atoms with van der Waals surface area (Å²) in [6.45, 7) is 4.06. The highest BCUT2D eigenvalue weighted by Crippen LogP contribution is 2.15. The molecule has 0 saturated carbocycles. The van der Waals surface area contributed by atoms with Gasteiger partial charge in [0.05, 0.1) is 0 Å². The Morgan fingerprint density at radius 3 is 1.83 bits per heavy atom. The summed E-state index contributed by atoms with van der Waals surface area (Å²) in [5, 5.41) is 11.0. The first-order chi connectivity index (χ1) is 20.5. The van der Waals surface area contributed by atoms with Crippen molar-refractivity contribution in [3.8, 4) is 0 Å². The van der Waals surface area contributed by atoms with Gasteiger partial charge in [0.25, 0.3) is 0 Å². The molecule has 0 spiro atoms. The van der Waals surface area contributed by atoms with Gasteiger partial charge in [-0.1, -0.05) is 115 Å². The van der Waals surface area contributed by atoms with E-state index in [0.29, 0.717) is 12.8 Å². The van der Waals surface area contributed by atoms with Crippen LogP contribution in [0.4, 0.5) is 0 Å². The molecular formula is C36H63NO5. The van der Waals surface area contributed by atoms with Gasteiger partial charge in [0.2, 0.25) is 5.91 Å². The highest BCUT2D eigenvalue weighted by molar-refractivity contribution is 5.80. The lowest BCUT2D eigenvalue weighted by atomic mass is 10.1. The standard InChI is InChI=1S/C36H63NO5/c1-3-5-7-8-9-10-11-12-13-14-15-16-17-18-19-20-21-27-31-36(41)42-33(28-24-6-4-2)29-25-22-23-26-30-34(38)37-32-35(39)40/h10-11,13-14,24,28,33H,3-9,12,15-23,25-27,29-32H2,1-2H3,(H,37,38)(H,39,40)/b11-10-,14-13-,28-24-. The second kappa shape index (κ2) is 31.6. The predicted molar refractivity (Wildman–Crippen MR) is 175 cm³/mol. The largest absolute Gasteiger partial charge is 0.480 e. The van der Waals surface area contributed by atoms with Crippen molar-refractivity contribution >= 4 is 17.8 Å². The Labute approximate surface area is 257 Å². The summed E-state index contributed by atoms with van der Waals surface area (Å²) in [6.07, 6.45) is 37.4. The van der Waals surface area contributed by atoms with Crippen molar-refractivity contribution in [2.45, 2.75) is 168 Å². The molecule has 0 aliphatic rings. The van der Waals surface area contributed by atoms with Crippen LogP contribution in [0.5, 0.6) is 0 Å². The van der Waals surface area contributed by atoms with Crippen LogP contribution < -0.4 is 5.32 Å². The molecule has 0 radical (unpaired) electrons. The van der Waals surface area contributed by atoms with Crippen molar-refractivity contribution in [1.82, 2.24) is 5.32 Å². The minimum absolute atomic E-state index is 0.102. The molecule has 6 heteroatoms. The highest BCUT2D eigenvalue weighted by atomic mass is 16.5. The molecule has 0 aromatic heterocycles. The Morgan fingerprint density at radius 1 is 0.643 bits per heavy atom. The van der Waals surface area contributed by atoms with Crippen molar-refractivity contribution in [3.05, 3.63) is 36.5 Å². The van der Waals surface area contributed by atoms with Gasteiger partial charge in [-0.25, -0.2) is 0 Å². The van der Waals surface area contributed by atoms with E-state index in [-0.39, 0.29) is 24.5 Å². The van der Waals surface area contributed by atoms with E-state index >= 15 is 0 Å². The number of ether oxygens (including phenoxy) is 1. The SMILES string of the molecule is CCC/C=C\C(CCCCCCC(=O)NCC(=O)O)OC(=O)CCCCCCCCC/C=C\C/C=C\CCCCCC. The van der Waals surface area contributed by atoms with Crippen molar-refractivity contribution in [2.75, 3.05) is 6.54 Å². The molecule has 1 amide bonds. The molecule has 42 heavy (non-hydrogen) atoms. The fourth-order valence-corrected chi connectivity index (χ4v) is 4.70. The van der Waals surface area contributed by atoms with Crippen LogP contribution in [0.2, 0.25) is 0 Å². The first-order valence-electron chi connectivity index (χ1n) is 17.1. The van der Waals surface area contributed by atoms with E-state index in [1.54, 1.807) is 0 Å². The summed E-state index contributed by atoms with van der Waals surface area (Å²) in [6, 6.07) is 0. The number of hydrogen-bond acceptors (Lipinski definition) is 4. The predicted octanol–water partition coefficient (Wildman–Crippen LogP) is 9.78. The van der Waals surface area contributed by atoms with Crippen molar-refractivity contribution in [2.24, 2.45) is 0 Å². The zero-order valence-electron chi connectivity index (χ0n) is 27.1. The van der Waals surface area contributed by atoms with Gasteiger partial charge in [-0.15, -0.1) is 0 Å². The van der Waals surface area contributed by atoms with Gasteiger partial charge in [0.1, 0.15) is 12.6 Å². The molecule has 0 fully saturated rings. The molecular weight excluding hydrogens is 526 g/mol. The van der Waals surface area contributed by atoms with E-state index in [4.69, 9.17) is 9.84 Å². The van der Waals surface area contributed by atoms with Crippen LogP contribution in [-0.2, 0) is 19.1 Å². The smallest absolute Gasteiger partial charge is 0.322 e. The van der Waals surface area contributed by atoms with E-state index in [1.165, 1.54) is 70.6 Å². The fraction of sp³-hybridized carbons (Fsp3) is 0.750. The van der Waals surface area contributed by atoms with Gasteiger partial charge in [-0.05, 0) is 70.3 Å². The molecule has 0 aliphatic heterocycles. The first-order valence-corrected chi connectivity index (χ1v) is 17.1. The van der Waals surface area contributed by atoms with E-state index in [2.05, 4.69) is 49.5 Å². The van der Waals surface area contributed by atoms with Crippen LogP contribution in [0, 0.1) is 0 Å². The Balaban J connectivity index is 3.83. The third-order valence-corrected chi connectivity index (χ3v) is 7.25. The number of unbranched alkanes of at least 4 members (excludes halogenated alkanes) is 15. The summed E-state index contributed by atoms with van der Waals surface area (Å²) in [5.41, 5.74) is 0.